The molecule has 7 nitrogen and oxygen atoms in total. The van der Waals surface area contributed by atoms with E-state index in [1.165, 1.54) is 79.0 Å². The molecule has 1 N–H and O–H groups in total. The van der Waals surface area contributed by atoms with Crippen molar-refractivity contribution in [3.05, 3.63) is 144 Å². The second-order valence-electron chi connectivity index (χ2n) is 19.0. The fourth-order valence-electron chi connectivity index (χ4n) is 12.7. The van der Waals surface area contributed by atoms with E-state index in [-0.39, 0.29) is 26.9 Å². The maximum atomic E-state index is 14.6. The number of nitrogens with zero attached hydrogens (tertiary/aromatic N) is 1. The molecule has 6 fully saturated rings. The molecule has 6 saturated carbocycles. The SMILES string of the molecule is O=S(=O)(O)c1ccc(OS(=O)(=O)c2c(C34CCC(CC3)C4)cc(C34CCC(CC3)C4)cc2C23CCC(CC2)C3)cc1.c1ccc(N(c2ccccc2)c2ccccc2)cc1. The van der Waals surface area contributed by atoms with Crippen molar-refractivity contribution in [3.8, 4) is 5.75 Å². The Kier molecular flexibility index (Phi) is 10.0. The molecule has 5 aromatic rings. The normalized spacial score (nSPS) is 28.7. The number of benzene rings is 5. The van der Waals surface area contributed by atoms with E-state index in [1.807, 2.05) is 18.2 Å². The Balaban J connectivity index is 0.000000191. The molecule has 0 heterocycles. The molecule has 0 aliphatic heterocycles. The number of para-hydroxylation sites is 3. The van der Waals surface area contributed by atoms with Gasteiger partial charge in [0.05, 0.1) is 4.90 Å². The smallest absolute Gasteiger partial charge is 0.339 e. The quantitative estimate of drug-likeness (QED) is 0.110. The second-order valence-corrected chi connectivity index (χ2v) is 21.9. The largest absolute Gasteiger partial charge is 0.379 e. The fraction of sp³-hybridized carbons (Fsp3) is 0.412. The summed E-state index contributed by atoms with van der Waals surface area (Å²) in [4.78, 5) is 2.39. The van der Waals surface area contributed by atoms with Crippen molar-refractivity contribution in [2.45, 2.75) is 122 Å². The summed E-state index contributed by atoms with van der Waals surface area (Å²) >= 11 is 0. The topological polar surface area (TPSA) is 101 Å². The lowest BCUT2D eigenvalue weighted by Gasteiger charge is -2.38. The van der Waals surface area contributed by atoms with Crippen LogP contribution in [-0.2, 0) is 36.5 Å². The van der Waals surface area contributed by atoms with Crippen LogP contribution >= 0.6 is 0 Å². The summed E-state index contributed by atoms with van der Waals surface area (Å²) in [6.07, 6.45) is 17.2. The van der Waals surface area contributed by atoms with Crippen molar-refractivity contribution in [3.63, 3.8) is 0 Å². The molecule has 6 aliphatic carbocycles. The van der Waals surface area contributed by atoms with E-state index in [9.17, 15) is 21.4 Å². The van der Waals surface area contributed by atoms with E-state index in [4.69, 9.17) is 4.18 Å². The van der Waals surface area contributed by atoms with Crippen LogP contribution in [0.4, 0.5) is 17.1 Å². The van der Waals surface area contributed by atoms with Gasteiger partial charge in [0.1, 0.15) is 10.6 Å². The molecular weight excluding hydrogens is 787 g/mol. The Bertz CT molecular complexity index is 2410. The van der Waals surface area contributed by atoms with Crippen LogP contribution < -0.4 is 9.08 Å². The van der Waals surface area contributed by atoms with Crippen LogP contribution in [0.15, 0.2) is 137 Å². The van der Waals surface area contributed by atoms with Crippen molar-refractivity contribution in [1.29, 1.82) is 0 Å². The van der Waals surface area contributed by atoms with Crippen LogP contribution in [-0.4, -0.2) is 21.4 Å². The molecule has 0 aromatic heterocycles. The zero-order valence-electron chi connectivity index (χ0n) is 34.2. The van der Waals surface area contributed by atoms with Crippen LogP contribution in [0.25, 0.3) is 0 Å². The zero-order chi connectivity index (χ0) is 41.2. The minimum absolute atomic E-state index is 0.0628. The molecule has 9 heteroatoms. The predicted octanol–water partition coefficient (Wildman–Crippen LogP) is 12.4. The summed E-state index contributed by atoms with van der Waals surface area (Å²) in [6.45, 7) is 0. The molecule has 0 saturated heterocycles. The van der Waals surface area contributed by atoms with Gasteiger partial charge in [0.25, 0.3) is 10.1 Å². The lowest BCUT2D eigenvalue weighted by Crippen LogP contribution is -2.32. The molecule has 60 heavy (non-hydrogen) atoms. The van der Waals surface area contributed by atoms with Crippen LogP contribution in [0, 0.1) is 17.8 Å². The van der Waals surface area contributed by atoms with Crippen LogP contribution in [0.1, 0.15) is 113 Å². The van der Waals surface area contributed by atoms with Gasteiger partial charge in [-0.1, -0.05) is 66.7 Å². The molecule has 11 rings (SSSR count). The maximum Gasteiger partial charge on any atom is 0.339 e. The lowest BCUT2D eigenvalue weighted by molar-refractivity contribution is 0.380. The van der Waals surface area contributed by atoms with Gasteiger partial charge in [-0.2, -0.15) is 16.8 Å². The second kappa shape index (κ2) is 15.2. The summed E-state index contributed by atoms with van der Waals surface area (Å²) in [5.74, 6) is 2.22. The van der Waals surface area contributed by atoms with E-state index in [2.05, 4.69) is 89.8 Å². The van der Waals surface area contributed by atoms with Crippen molar-refractivity contribution in [2.24, 2.45) is 17.8 Å². The Labute approximate surface area is 356 Å². The first-order valence-corrected chi connectivity index (χ1v) is 25.0. The lowest BCUT2D eigenvalue weighted by atomic mass is 9.68. The van der Waals surface area contributed by atoms with Crippen molar-refractivity contribution < 1.29 is 25.6 Å². The highest BCUT2D eigenvalue weighted by molar-refractivity contribution is 7.87. The summed E-state index contributed by atoms with van der Waals surface area (Å²) < 4.78 is 67.6. The van der Waals surface area contributed by atoms with Crippen molar-refractivity contribution >= 4 is 37.3 Å². The van der Waals surface area contributed by atoms with Gasteiger partial charge in [0, 0.05) is 17.1 Å². The molecular formula is C51H55NO6S2. The third kappa shape index (κ3) is 7.18. The maximum absolute atomic E-state index is 14.6. The van der Waals surface area contributed by atoms with E-state index in [0.717, 1.165) is 81.3 Å². The first-order valence-electron chi connectivity index (χ1n) is 22.1. The Morgan fingerprint density at radius 1 is 0.500 bits per heavy atom. The number of rotatable bonds is 10. The first-order chi connectivity index (χ1) is 28.9. The van der Waals surface area contributed by atoms with E-state index in [1.54, 1.807) is 0 Å². The van der Waals surface area contributed by atoms with Gasteiger partial charge in [-0.15, -0.1) is 0 Å². The van der Waals surface area contributed by atoms with Gasteiger partial charge < -0.3 is 9.08 Å². The van der Waals surface area contributed by atoms with E-state index >= 15 is 0 Å². The van der Waals surface area contributed by atoms with Crippen LogP contribution in [0.3, 0.4) is 0 Å². The van der Waals surface area contributed by atoms with Gasteiger partial charge in [-0.3, -0.25) is 4.55 Å². The molecule has 0 atom stereocenters. The minimum Gasteiger partial charge on any atom is -0.379 e. The summed E-state index contributed by atoms with van der Waals surface area (Å²) in [5, 5.41) is 0. The third-order valence-electron chi connectivity index (χ3n) is 15.7. The highest BCUT2D eigenvalue weighted by Gasteiger charge is 2.55. The van der Waals surface area contributed by atoms with E-state index < -0.39 is 20.2 Å². The molecule has 0 radical (unpaired) electrons. The molecule has 6 aliphatic rings. The Morgan fingerprint density at radius 3 is 1.20 bits per heavy atom. The van der Waals surface area contributed by atoms with E-state index in [0.29, 0.717) is 16.7 Å². The van der Waals surface area contributed by atoms with Gasteiger partial charge in [-0.25, -0.2) is 0 Å². The summed E-state index contributed by atoms with van der Waals surface area (Å²) in [7, 11) is -8.61. The Hall–Kier alpha value is -4.44. The predicted molar refractivity (Wildman–Crippen MR) is 236 cm³/mol. The number of fused-ring (bicyclic) bond motifs is 6. The highest BCUT2D eigenvalue weighted by Crippen LogP contribution is 2.63. The van der Waals surface area contributed by atoms with Gasteiger partial charge in [0.15, 0.2) is 0 Å². The van der Waals surface area contributed by atoms with Crippen molar-refractivity contribution in [2.75, 3.05) is 4.90 Å². The zero-order valence-corrected chi connectivity index (χ0v) is 35.8. The number of anilines is 3. The Morgan fingerprint density at radius 2 is 0.867 bits per heavy atom. The first kappa shape index (κ1) is 39.7. The average Bonchev–Trinajstić information content (AvgIpc) is 4.15. The van der Waals surface area contributed by atoms with Crippen molar-refractivity contribution in [1.82, 2.24) is 0 Å². The fourth-order valence-corrected chi connectivity index (χ4v) is 14.8. The van der Waals surface area contributed by atoms with Gasteiger partial charge in [0.2, 0.25) is 0 Å². The molecule has 5 aromatic carbocycles. The van der Waals surface area contributed by atoms with Gasteiger partial charge >= 0.3 is 10.1 Å². The molecule has 312 valence electrons. The number of hydrogen-bond donors (Lipinski definition) is 1. The molecule has 0 spiro atoms. The minimum atomic E-state index is -4.39. The number of hydrogen-bond acceptors (Lipinski definition) is 6. The molecule has 6 bridgehead atoms. The molecule has 0 unspecified atom stereocenters. The summed E-state index contributed by atoms with van der Waals surface area (Å²) in [6, 6.07) is 40.9. The van der Waals surface area contributed by atoms with Gasteiger partial charge in [-0.05, 0) is 208 Å². The third-order valence-corrected chi connectivity index (χ3v) is 17.9. The average molecular weight is 842 g/mol. The standard InChI is InChI=1S/C33H40O6S2.C18H15N/c34-40(35,36)27-3-1-26(2-4-27)39-41(37,38)30-28(32-13-7-23(20-32)8-14-32)17-25(31-11-5-22(19-31)6-12-31)18-29(30)33-15-9-24(21-33)10-16-33;1-4-10-16(11-5-1)19(17-12-6-2-7-13-17)18-14-8-3-9-15-18/h1-4,17-18,22-24H,5-16,19-21H2,(H,34,35,36);1-15H. The highest BCUT2D eigenvalue weighted by atomic mass is 32.2. The summed E-state index contributed by atoms with van der Waals surface area (Å²) in [5.41, 5.74) is 6.90. The van der Waals surface area contributed by atoms with Crippen LogP contribution in [0.2, 0.25) is 0 Å². The molecule has 0 amide bonds. The monoisotopic (exact) mass is 841 g/mol. The van der Waals surface area contributed by atoms with Crippen LogP contribution in [0.5, 0.6) is 5.75 Å².